The minimum absolute atomic E-state index is 0.121. The number of urea groups is 1. The molecule has 1 aromatic carbocycles. The van der Waals surface area contributed by atoms with Crippen molar-refractivity contribution < 1.29 is 9.18 Å². The summed E-state index contributed by atoms with van der Waals surface area (Å²) in [4.78, 5) is 16.5. The van der Waals surface area contributed by atoms with Crippen LogP contribution in [-0.4, -0.2) is 48.6 Å². The largest absolute Gasteiger partial charge is 0.324 e. The van der Waals surface area contributed by atoms with Gasteiger partial charge < -0.3 is 15.1 Å². The summed E-state index contributed by atoms with van der Waals surface area (Å²) in [5, 5.41) is 2.77. The number of hydrogen-bond acceptors (Lipinski definition) is 2. The molecule has 4 nitrogen and oxygen atoms in total. The van der Waals surface area contributed by atoms with E-state index in [9.17, 15) is 9.18 Å². The number of benzene rings is 1. The SMILES string of the molecule is O=C(Nc1cccc(F)c1)N1CCC(CN2CCCC2)C1. The number of rotatable bonds is 3. The average Bonchev–Trinajstić information content (AvgIpc) is 3.11. The number of nitrogens with one attached hydrogen (secondary N) is 1. The molecule has 2 aliphatic heterocycles. The molecule has 0 radical (unpaired) electrons. The van der Waals surface area contributed by atoms with Gasteiger partial charge in [-0.05, 0) is 56.5 Å². The van der Waals surface area contributed by atoms with E-state index in [1.807, 2.05) is 4.90 Å². The second-order valence-corrected chi connectivity index (χ2v) is 6.05. The van der Waals surface area contributed by atoms with Crippen molar-refractivity contribution in [2.24, 2.45) is 5.92 Å². The van der Waals surface area contributed by atoms with E-state index in [4.69, 9.17) is 0 Å². The minimum atomic E-state index is -0.332. The molecule has 1 atom stereocenters. The maximum atomic E-state index is 13.1. The Morgan fingerprint density at radius 3 is 2.86 bits per heavy atom. The van der Waals surface area contributed by atoms with Crippen LogP contribution in [0, 0.1) is 11.7 Å². The van der Waals surface area contributed by atoms with Crippen LogP contribution in [0.4, 0.5) is 14.9 Å². The summed E-state index contributed by atoms with van der Waals surface area (Å²) in [7, 11) is 0. The Kier molecular flexibility index (Phi) is 4.39. The molecule has 1 unspecified atom stereocenters. The quantitative estimate of drug-likeness (QED) is 0.929. The van der Waals surface area contributed by atoms with Crippen LogP contribution in [-0.2, 0) is 0 Å². The number of likely N-dealkylation sites (tertiary alicyclic amines) is 2. The van der Waals surface area contributed by atoms with Crippen molar-refractivity contribution in [3.8, 4) is 0 Å². The summed E-state index contributed by atoms with van der Waals surface area (Å²) >= 11 is 0. The minimum Gasteiger partial charge on any atom is -0.324 e. The maximum absolute atomic E-state index is 13.1. The molecule has 1 aromatic rings. The lowest BCUT2D eigenvalue weighted by Gasteiger charge is -2.21. The summed E-state index contributed by atoms with van der Waals surface area (Å²) < 4.78 is 13.1. The van der Waals surface area contributed by atoms with Crippen LogP contribution in [0.25, 0.3) is 0 Å². The fraction of sp³-hybridized carbons (Fsp3) is 0.562. The van der Waals surface area contributed by atoms with Crippen molar-refractivity contribution in [1.82, 2.24) is 9.80 Å². The molecular formula is C16H22FN3O. The third-order valence-electron chi connectivity index (χ3n) is 4.36. The van der Waals surface area contributed by atoms with E-state index in [0.717, 1.165) is 26.1 Å². The summed E-state index contributed by atoms with van der Waals surface area (Å²) in [6, 6.07) is 5.90. The van der Waals surface area contributed by atoms with Crippen molar-refractivity contribution >= 4 is 11.7 Å². The number of anilines is 1. The van der Waals surface area contributed by atoms with E-state index >= 15 is 0 Å². The molecule has 2 saturated heterocycles. The summed E-state index contributed by atoms with van der Waals surface area (Å²) in [6.07, 6.45) is 3.67. The van der Waals surface area contributed by atoms with E-state index in [0.29, 0.717) is 11.6 Å². The smallest absolute Gasteiger partial charge is 0.321 e. The molecule has 0 aromatic heterocycles. The first kappa shape index (κ1) is 14.3. The molecule has 2 heterocycles. The Balaban J connectivity index is 1.49. The predicted molar refractivity (Wildman–Crippen MR) is 80.8 cm³/mol. The molecule has 0 spiro atoms. The standard InChI is InChI=1S/C16H22FN3O/c17-14-4-3-5-15(10-14)18-16(21)20-9-6-13(12-20)11-19-7-1-2-8-19/h3-5,10,13H,1-2,6-9,11-12H2,(H,18,21). The normalized spacial score (nSPS) is 22.7. The molecule has 0 saturated carbocycles. The molecule has 0 aliphatic carbocycles. The van der Waals surface area contributed by atoms with Crippen LogP contribution in [0.1, 0.15) is 19.3 Å². The van der Waals surface area contributed by atoms with Gasteiger partial charge in [-0.3, -0.25) is 0 Å². The highest BCUT2D eigenvalue weighted by atomic mass is 19.1. The van der Waals surface area contributed by atoms with E-state index in [2.05, 4.69) is 10.2 Å². The van der Waals surface area contributed by atoms with Gasteiger partial charge in [-0.25, -0.2) is 9.18 Å². The van der Waals surface area contributed by atoms with Gasteiger partial charge in [0.25, 0.3) is 0 Å². The van der Waals surface area contributed by atoms with Gasteiger partial charge in [0.05, 0.1) is 0 Å². The second-order valence-electron chi connectivity index (χ2n) is 6.05. The Hall–Kier alpha value is -1.62. The number of halogens is 1. The molecule has 2 amide bonds. The number of nitrogens with zero attached hydrogens (tertiary/aromatic N) is 2. The molecule has 5 heteroatoms. The lowest BCUT2D eigenvalue weighted by Crippen LogP contribution is -2.34. The van der Waals surface area contributed by atoms with Gasteiger partial charge in [0.15, 0.2) is 0 Å². The fourth-order valence-electron chi connectivity index (χ4n) is 3.27. The van der Waals surface area contributed by atoms with Crippen LogP contribution >= 0.6 is 0 Å². The van der Waals surface area contributed by atoms with E-state index < -0.39 is 0 Å². The van der Waals surface area contributed by atoms with Crippen molar-refractivity contribution in [3.05, 3.63) is 30.1 Å². The molecule has 2 aliphatic rings. The highest BCUT2D eigenvalue weighted by Crippen LogP contribution is 2.21. The van der Waals surface area contributed by atoms with Gasteiger partial charge in [0.1, 0.15) is 5.82 Å². The first-order valence-electron chi connectivity index (χ1n) is 7.74. The number of hydrogen-bond donors (Lipinski definition) is 1. The first-order chi connectivity index (χ1) is 10.2. The van der Waals surface area contributed by atoms with Crippen LogP contribution in [0.5, 0.6) is 0 Å². The third kappa shape index (κ3) is 3.73. The van der Waals surface area contributed by atoms with E-state index in [1.165, 1.54) is 38.1 Å². The average molecular weight is 291 g/mol. The zero-order valence-electron chi connectivity index (χ0n) is 12.2. The fourth-order valence-corrected chi connectivity index (χ4v) is 3.27. The van der Waals surface area contributed by atoms with Gasteiger partial charge in [0, 0.05) is 25.3 Å². The lowest BCUT2D eigenvalue weighted by atomic mass is 10.1. The van der Waals surface area contributed by atoms with Gasteiger partial charge in [0.2, 0.25) is 0 Å². The second kappa shape index (κ2) is 6.43. The molecule has 114 valence electrons. The van der Waals surface area contributed by atoms with Gasteiger partial charge in [-0.15, -0.1) is 0 Å². The first-order valence-corrected chi connectivity index (χ1v) is 7.74. The summed E-state index contributed by atoms with van der Waals surface area (Å²) in [6.45, 7) is 5.10. The van der Waals surface area contributed by atoms with Crippen molar-refractivity contribution in [2.75, 3.05) is 38.0 Å². The topological polar surface area (TPSA) is 35.6 Å². The van der Waals surface area contributed by atoms with Crippen molar-refractivity contribution in [3.63, 3.8) is 0 Å². The van der Waals surface area contributed by atoms with Gasteiger partial charge in [-0.2, -0.15) is 0 Å². The lowest BCUT2D eigenvalue weighted by molar-refractivity contribution is 0.217. The number of carbonyl (C=O) groups excluding carboxylic acids is 1. The predicted octanol–water partition coefficient (Wildman–Crippen LogP) is 2.78. The molecular weight excluding hydrogens is 269 g/mol. The van der Waals surface area contributed by atoms with Crippen LogP contribution in [0.2, 0.25) is 0 Å². The molecule has 2 fully saturated rings. The maximum Gasteiger partial charge on any atom is 0.321 e. The van der Waals surface area contributed by atoms with E-state index in [1.54, 1.807) is 12.1 Å². The number of carbonyl (C=O) groups is 1. The highest BCUT2D eigenvalue weighted by molar-refractivity contribution is 5.89. The van der Waals surface area contributed by atoms with Crippen LogP contribution in [0.15, 0.2) is 24.3 Å². The molecule has 21 heavy (non-hydrogen) atoms. The van der Waals surface area contributed by atoms with Gasteiger partial charge >= 0.3 is 6.03 Å². The zero-order chi connectivity index (χ0) is 14.7. The highest BCUT2D eigenvalue weighted by Gasteiger charge is 2.28. The van der Waals surface area contributed by atoms with E-state index in [-0.39, 0.29) is 11.8 Å². The van der Waals surface area contributed by atoms with Gasteiger partial charge in [-0.1, -0.05) is 6.07 Å². The molecule has 1 N–H and O–H groups in total. The Bertz CT molecular complexity index is 502. The summed E-state index contributed by atoms with van der Waals surface area (Å²) in [5.74, 6) is 0.238. The summed E-state index contributed by atoms with van der Waals surface area (Å²) in [5.41, 5.74) is 0.517. The van der Waals surface area contributed by atoms with Crippen LogP contribution < -0.4 is 5.32 Å². The van der Waals surface area contributed by atoms with Crippen molar-refractivity contribution in [1.29, 1.82) is 0 Å². The van der Waals surface area contributed by atoms with Crippen LogP contribution in [0.3, 0.4) is 0 Å². The monoisotopic (exact) mass is 291 g/mol. The molecule has 3 rings (SSSR count). The Labute approximate surface area is 124 Å². The third-order valence-corrected chi connectivity index (χ3v) is 4.36. The molecule has 0 bridgehead atoms. The Morgan fingerprint density at radius 1 is 1.29 bits per heavy atom. The number of amides is 2. The van der Waals surface area contributed by atoms with Crippen molar-refractivity contribution in [2.45, 2.75) is 19.3 Å². The zero-order valence-corrected chi connectivity index (χ0v) is 12.2. The Morgan fingerprint density at radius 2 is 2.10 bits per heavy atom.